The first-order valence-corrected chi connectivity index (χ1v) is 13.0. The van der Waals surface area contributed by atoms with Crippen LogP contribution < -0.4 is 10.6 Å². The van der Waals surface area contributed by atoms with E-state index in [-0.39, 0.29) is 17.9 Å². The highest BCUT2D eigenvalue weighted by Crippen LogP contribution is 2.34. The van der Waals surface area contributed by atoms with Crippen molar-refractivity contribution in [1.82, 2.24) is 10.6 Å². The Morgan fingerprint density at radius 1 is 1.19 bits per heavy atom. The van der Waals surface area contributed by atoms with E-state index >= 15 is 0 Å². The number of ether oxygens (including phenoxy) is 2. The fourth-order valence-electron chi connectivity index (χ4n) is 5.37. The fraction of sp³-hybridized carbons (Fsp3) is 0.955. The monoisotopic (exact) mass is 476 g/mol. The lowest BCUT2D eigenvalue weighted by Crippen LogP contribution is -2.66. The molecule has 0 aliphatic carbocycles. The molecule has 6 N–H and O–H groups in total. The number of hydrogen-bond acceptors (Lipinski definition) is 9. The lowest BCUT2D eigenvalue weighted by Gasteiger charge is -2.44. The van der Waals surface area contributed by atoms with Crippen LogP contribution in [0.1, 0.15) is 40.0 Å². The predicted molar refractivity (Wildman–Crippen MR) is 121 cm³/mol. The minimum absolute atomic E-state index is 0.245. The number of carbonyl (C=O) groups excluding carboxylic acids is 1. The van der Waals surface area contributed by atoms with Crippen molar-refractivity contribution in [2.75, 3.05) is 19.4 Å². The average molecular weight is 477 g/mol. The van der Waals surface area contributed by atoms with Gasteiger partial charge in [0.15, 0.2) is 0 Å². The lowest BCUT2D eigenvalue weighted by atomic mass is 9.85. The second-order valence-electron chi connectivity index (χ2n) is 9.95. The molecule has 0 radical (unpaired) electrons. The van der Waals surface area contributed by atoms with Crippen LogP contribution in [-0.4, -0.2) is 99.9 Å². The molecule has 9 nitrogen and oxygen atoms in total. The molecule has 11 atom stereocenters. The Hall–Kier alpha value is -0.460. The van der Waals surface area contributed by atoms with Gasteiger partial charge in [0.1, 0.15) is 35.9 Å². The highest BCUT2D eigenvalue weighted by atomic mass is 32.2. The van der Waals surface area contributed by atoms with Gasteiger partial charge in [-0.3, -0.25) is 4.79 Å². The molecule has 3 fully saturated rings. The molecule has 0 aromatic rings. The Kier molecular flexibility index (Phi) is 9.24. The van der Waals surface area contributed by atoms with Crippen LogP contribution in [0.4, 0.5) is 0 Å². The quantitative estimate of drug-likeness (QED) is 0.286. The summed E-state index contributed by atoms with van der Waals surface area (Å²) >= 11 is 1.19. The number of fused-ring (bicyclic) bond motifs is 1. The molecule has 3 aliphatic heterocycles. The zero-order valence-electron chi connectivity index (χ0n) is 19.4. The van der Waals surface area contributed by atoms with Gasteiger partial charge in [0, 0.05) is 13.2 Å². The normalized spacial score (nSPS) is 42.2. The van der Waals surface area contributed by atoms with Gasteiger partial charge < -0.3 is 40.5 Å². The molecule has 32 heavy (non-hydrogen) atoms. The molecule has 3 heterocycles. The van der Waals surface area contributed by atoms with Gasteiger partial charge in [0.25, 0.3) is 0 Å². The van der Waals surface area contributed by atoms with Crippen LogP contribution in [0.2, 0.25) is 0 Å². The third-order valence-corrected chi connectivity index (χ3v) is 7.83. The Labute approximate surface area is 194 Å². The Morgan fingerprint density at radius 2 is 1.91 bits per heavy atom. The molecule has 3 saturated heterocycles. The average Bonchev–Trinajstić information content (AvgIpc) is 3.02. The molecular weight excluding hydrogens is 436 g/mol. The second kappa shape index (κ2) is 11.3. The van der Waals surface area contributed by atoms with Crippen LogP contribution in [0.25, 0.3) is 0 Å². The summed E-state index contributed by atoms with van der Waals surface area (Å²) in [6, 6.07) is -1.53. The van der Waals surface area contributed by atoms with E-state index < -0.39 is 48.0 Å². The molecule has 0 spiro atoms. The van der Waals surface area contributed by atoms with Crippen molar-refractivity contribution in [3.63, 3.8) is 0 Å². The van der Waals surface area contributed by atoms with E-state index in [0.29, 0.717) is 25.0 Å². The molecule has 186 valence electrons. The zero-order chi connectivity index (χ0) is 23.6. The summed E-state index contributed by atoms with van der Waals surface area (Å²) in [5.74, 6) is 1.12. The van der Waals surface area contributed by atoms with E-state index in [1.54, 1.807) is 6.26 Å². The van der Waals surface area contributed by atoms with Crippen molar-refractivity contribution in [2.24, 2.45) is 17.8 Å². The van der Waals surface area contributed by atoms with E-state index in [1.807, 2.05) is 0 Å². The molecule has 2 unspecified atom stereocenters. The minimum Gasteiger partial charge on any atom is -0.391 e. The van der Waals surface area contributed by atoms with Crippen molar-refractivity contribution in [3.05, 3.63) is 0 Å². The van der Waals surface area contributed by atoms with E-state index in [1.165, 1.54) is 18.7 Å². The second-order valence-corrected chi connectivity index (χ2v) is 10.9. The van der Waals surface area contributed by atoms with E-state index in [9.17, 15) is 25.2 Å². The molecule has 0 saturated carbocycles. The maximum atomic E-state index is 13.2. The van der Waals surface area contributed by atoms with Gasteiger partial charge in [-0.2, -0.15) is 0 Å². The molecule has 0 aromatic carbocycles. The Bertz CT molecular complexity index is 623. The summed E-state index contributed by atoms with van der Waals surface area (Å²) in [5.41, 5.74) is -0.784. The topological polar surface area (TPSA) is 141 Å². The number of nitrogens with one attached hydrogen (secondary N) is 2. The van der Waals surface area contributed by atoms with Crippen molar-refractivity contribution in [1.29, 1.82) is 0 Å². The van der Waals surface area contributed by atoms with Gasteiger partial charge >= 0.3 is 0 Å². The number of amides is 1. The first kappa shape index (κ1) is 26.2. The summed E-state index contributed by atoms with van der Waals surface area (Å²) in [6.45, 7) is 7.26. The number of carbonyl (C=O) groups is 1. The van der Waals surface area contributed by atoms with Gasteiger partial charge in [-0.15, -0.1) is 11.8 Å². The smallest absolute Gasteiger partial charge is 0.240 e. The third kappa shape index (κ3) is 5.78. The SMILES string of the molecule is CSC1O[C@H]([C@H](NC(=O)[C@H]2NC[C@@H]3C[C@H](CC(C)C)CCO[C@H]32)[C@@H](C)O)[C@@H](O)C(O)[C@H]1O. The van der Waals surface area contributed by atoms with Crippen LogP contribution in [-0.2, 0) is 14.3 Å². The number of thioether (sulfide) groups is 1. The fourth-order valence-corrected chi connectivity index (χ4v) is 6.05. The predicted octanol–water partition coefficient (Wildman–Crippen LogP) is -0.548. The summed E-state index contributed by atoms with van der Waals surface area (Å²) < 4.78 is 11.9. The first-order chi connectivity index (χ1) is 15.1. The summed E-state index contributed by atoms with van der Waals surface area (Å²) in [7, 11) is 0. The summed E-state index contributed by atoms with van der Waals surface area (Å²) in [6.07, 6.45) is -1.66. The van der Waals surface area contributed by atoms with E-state index in [0.717, 1.165) is 19.3 Å². The maximum Gasteiger partial charge on any atom is 0.240 e. The van der Waals surface area contributed by atoms with Crippen LogP contribution in [0, 0.1) is 17.8 Å². The summed E-state index contributed by atoms with van der Waals surface area (Å²) in [5, 5.41) is 47.3. The molecule has 0 aromatic heterocycles. The Morgan fingerprint density at radius 3 is 2.53 bits per heavy atom. The molecule has 3 rings (SSSR count). The van der Waals surface area contributed by atoms with Gasteiger partial charge in [-0.05, 0) is 50.2 Å². The van der Waals surface area contributed by atoms with Gasteiger partial charge in [-0.25, -0.2) is 0 Å². The van der Waals surface area contributed by atoms with Gasteiger partial charge in [-0.1, -0.05) is 13.8 Å². The van der Waals surface area contributed by atoms with Crippen molar-refractivity contribution in [2.45, 2.75) is 94.2 Å². The van der Waals surface area contributed by atoms with Crippen LogP contribution in [0.5, 0.6) is 0 Å². The van der Waals surface area contributed by atoms with Crippen LogP contribution in [0.3, 0.4) is 0 Å². The summed E-state index contributed by atoms with van der Waals surface area (Å²) in [4.78, 5) is 13.2. The number of rotatable bonds is 7. The highest BCUT2D eigenvalue weighted by molar-refractivity contribution is 7.99. The number of hydrogen-bond donors (Lipinski definition) is 6. The van der Waals surface area contributed by atoms with Crippen molar-refractivity contribution < 1.29 is 34.7 Å². The Balaban J connectivity index is 1.68. The van der Waals surface area contributed by atoms with Crippen LogP contribution >= 0.6 is 11.8 Å². The van der Waals surface area contributed by atoms with Crippen molar-refractivity contribution >= 4 is 17.7 Å². The first-order valence-electron chi connectivity index (χ1n) is 11.7. The maximum absolute atomic E-state index is 13.2. The molecular formula is C22H40N2O7S. The largest absolute Gasteiger partial charge is 0.391 e. The highest BCUT2D eigenvalue weighted by Gasteiger charge is 2.49. The standard InChI is InChI=1S/C22H40N2O7S/c1-10(2)7-12-5-6-30-19-13(8-12)9-23-15(19)21(29)24-14(11(3)25)20-17(27)16(26)18(28)22(31-20)32-4/h10-20,22-23,25-28H,5-9H2,1-4H3,(H,24,29)/t11-,12+,13+,14-,15+,16?,17+,18-,19-,20-,22?/m1/s1. The number of aliphatic hydroxyl groups is 4. The number of aliphatic hydroxyl groups excluding tert-OH is 4. The molecule has 3 aliphatic rings. The lowest BCUT2D eigenvalue weighted by molar-refractivity contribution is -0.211. The molecule has 1 amide bonds. The van der Waals surface area contributed by atoms with Gasteiger partial charge in [0.05, 0.1) is 18.2 Å². The van der Waals surface area contributed by atoms with E-state index in [2.05, 4.69) is 24.5 Å². The molecule has 0 bridgehead atoms. The third-order valence-electron chi connectivity index (χ3n) is 6.97. The van der Waals surface area contributed by atoms with Gasteiger partial charge in [0.2, 0.25) is 5.91 Å². The molecule has 10 heteroatoms. The van der Waals surface area contributed by atoms with Crippen LogP contribution in [0.15, 0.2) is 0 Å². The van der Waals surface area contributed by atoms with Crippen molar-refractivity contribution in [3.8, 4) is 0 Å². The zero-order valence-corrected chi connectivity index (χ0v) is 20.2. The van der Waals surface area contributed by atoms with E-state index in [4.69, 9.17) is 9.47 Å². The minimum atomic E-state index is -1.46.